The van der Waals surface area contributed by atoms with Crippen LogP contribution in [-0.2, 0) is 11.4 Å². The quantitative estimate of drug-likeness (QED) is 0.807. The van der Waals surface area contributed by atoms with E-state index in [2.05, 4.69) is 16.9 Å². The fourth-order valence-electron chi connectivity index (χ4n) is 2.45. The van der Waals surface area contributed by atoms with Crippen LogP contribution in [0.15, 0.2) is 28.7 Å². The van der Waals surface area contributed by atoms with E-state index in [0.29, 0.717) is 17.4 Å². The van der Waals surface area contributed by atoms with Gasteiger partial charge >= 0.3 is 0 Å². The van der Waals surface area contributed by atoms with E-state index >= 15 is 0 Å². The summed E-state index contributed by atoms with van der Waals surface area (Å²) < 4.78 is 18.0. The van der Waals surface area contributed by atoms with Crippen LogP contribution < -0.4 is 4.74 Å². The number of hydrogen-bond acceptors (Lipinski definition) is 6. The zero-order valence-corrected chi connectivity index (χ0v) is 13.5. The third-order valence-electron chi connectivity index (χ3n) is 3.60. The van der Waals surface area contributed by atoms with Crippen LogP contribution in [0.25, 0.3) is 11.5 Å². The molecule has 118 valence electrons. The van der Waals surface area contributed by atoms with Gasteiger partial charge in [-0.25, -0.2) is 4.68 Å². The Bertz CT molecular complexity index is 680. The van der Waals surface area contributed by atoms with Crippen molar-refractivity contribution in [1.29, 1.82) is 0 Å². The molecule has 1 aliphatic heterocycles. The first-order chi connectivity index (χ1) is 10.7. The first-order valence-corrected chi connectivity index (χ1v) is 7.63. The Labute approximate surface area is 134 Å². The van der Waals surface area contributed by atoms with Crippen molar-refractivity contribution in [2.24, 2.45) is 0 Å². The van der Waals surface area contributed by atoms with E-state index in [1.807, 2.05) is 24.3 Å². The van der Waals surface area contributed by atoms with Crippen molar-refractivity contribution in [2.45, 2.75) is 19.7 Å². The second-order valence-electron chi connectivity index (χ2n) is 5.30. The highest BCUT2D eigenvalue weighted by Crippen LogP contribution is 2.21. The number of hydrogen-bond donors (Lipinski definition) is 0. The summed E-state index contributed by atoms with van der Waals surface area (Å²) in [5.41, 5.74) is 0.876. The van der Waals surface area contributed by atoms with Gasteiger partial charge in [-0.2, -0.15) is 0 Å². The maximum atomic E-state index is 5.61. The van der Waals surface area contributed by atoms with Gasteiger partial charge in [0, 0.05) is 18.7 Å². The molecule has 0 amide bonds. The zero-order chi connectivity index (χ0) is 15.5. The van der Waals surface area contributed by atoms with Crippen LogP contribution in [0.1, 0.15) is 6.92 Å². The molecule has 2 heterocycles. The van der Waals surface area contributed by atoms with Gasteiger partial charge in [-0.05, 0) is 43.4 Å². The third kappa shape index (κ3) is 3.37. The van der Waals surface area contributed by atoms with Crippen molar-refractivity contribution in [3.05, 3.63) is 29.1 Å². The van der Waals surface area contributed by atoms with E-state index in [-0.39, 0.29) is 6.10 Å². The van der Waals surface area contributed by atoms with Gasteiger partial charge in [0.2, 0.25) is 5.89 Å². The minimum absolute atomic E-state index is 0.232. The molecule has 1 fully saturated rings. The van der Waals surface area contributed by atoms with Gasteiger partial charge in [0.15, 0.2) is 0 Å². The molecule has 2 aromatic rings. The van der Waals surface area contributed by atoms with Crippen LogP contribution in [0.3, 0.4) is 0 Å². The number of rotatable bonds is 4. The lowest BCUT2D eigenvalue weighted by molar-refractivity contribution is -0.0309. The number of methoxy groups -OCH3 is 1. The van der Waals surface area contributed by atoms with Crippen LogP contribution in [0.2, 0.25) is 0 Å². The molecule has 1 aromatic carbocycles. The minimum atomic E-state index is 0.232. The SMILES string of the molecule is COc1ccc(-c2nn(CN3CCOC(C)C3)c(=S)o2)cc1. The van der Waals surface area contributed by atoms with E-state index in [1.54, 1.807) is 11.8 Å². The standard InChI is InChI=1S/C15H19N3O3S/c1-11-9-17(7-8-20-11)10-18-15(22)21-14(16-18)12-3-5-13(19-2)6-4-12/h3-6,11H,7-10H2,1-2H3. The molecule has 1 saturated heterocycles. The third-order valence-corrected chi connectivity index (χ3v) is 3.90. The second kappa shape index (κ2) is 6.60. The van der Waals surface area contributed by atoms with Crippen molar-refractivity contribution in [1.82, 2.24) is 14.7 Å². The van der Waals surface area contributed by atoms with Gasteiger partial charge in [-0.3, -0.25) is 4.90 Å². The lowest BCUT2D eigenvalue weighted by Crippen LogP contribution is -2.42. The Balaban J connectivity index is 1.76. The largest absolute Gasteiger partial charge is 0.497 e. The van der Waals surface area contributed by atoms with Crippen molar-refractivity contribution in [2.75, 3.05) is 26.8 Å². The van der Waals surface area contributed by atoms with Crippen molar-refractivity contribution in [3.8, 4) is 17.2 Å². The maximum absolute atomic E-state index is 5.61. The smallest absolute Gasteiger partial charge is 0.288 e. The molecule has 7 heteroatoms. The van der Waals surface area contributed by atoms with Crippen molar-refractivity contribution < 1.29 is 13.9 Å². The Hall–Kier alpha value is -1.70. The van der Waals surface area contributed by atoms with E-state index in [1.165, 1.54) is 0 Å². The zero-order valence-electron chi connectivity index (χ0n) is 12.7. The highest BCUT2D eigenvalue weighted by Gasteiger charge is 2.18. The maximum Gasteiger partial charge on any atom is 0.288 e. The summed E-state index contributed by atoms with van der Waals surface area (Å²) in [6, 6.07) is 7.55. The molecule has 1 aliphatic rings. The summed E-state index contributed by atoms with van der Waals surface area (Å²) in [5, 5.41) is 4.48. The fourth-order valence-corrected chi connectivity index (χ4v) is 2.63. The van der Waals surface area contributed by atoms with Crippen molar-refractivity contribution >= 4 is 12.2 Å². The summed E-state index contributed by atoms with van der Waals surface area (Å²) in [5.74, 6) is 1.32. The van der Waals surface area contributed by atoms with Crippen LogP contribution in [0, 0.1) is 4.84 Å². The number of benzene rings is 1. The lowest BCUT2D eigenvalue weighted by Gasteiger charge is -2.30. The Morgan fingerprint density at radius 1 is 1.36 bits per heavy atom. The molecule has 0 bridgehead atoms. The number of nitrogens with zero attached hydrogens (tertiary/aromatic N) is 3. The van der Waals surface area contributed by atoms with Gasteiger partial charge in [0.05, 0.1) is 26.5 Å². The number of ether oxygens (including phenoxy) is 2. The molecule has 0 radical (unpaired) electrons. The Morgan fingerprint density at radius 2 is 2.14 bits per heavy atom. The normalized spacial score (nSPS) is 19.3. The molecule has 0 saturated carbocycles. The molecular formula is C15H19N3O3S. The summed E-state index contributed by atoms with van der Waals surface area (Å²) in [7, 11) is 1.64. The molecule has 6 nitrogen and oxygen atoms in total. The van der Waals surface area contributed by atoms with Gasteiger partial charge in [0.25, 0.3) is 4.84 Å². The van der Waals surface area contributed by atoms with Gasteiger partial charge in [0.1, 0.15) is 5.75 Å². The fraction of sp³-hybridized carbons (Fsp3) is 0.467. The van der Waals surface area contributed by atoms with Crippen LogP contribution in [-0.4, -0.2) is 47.6 Å². The molecule has 0 aliphatic carbocycles. The van der Waals surface area contributed by atoms with E-state index in [0.717, 1.165) is 31.0 Å². The molecule has 3 rings (SSSR count). The number of morpholine rings is 1. The Kier molecular flexibility index (Phi) is 4.56. The van der Waals surface area contributed by atoms with Gasteiger partial charge in [-0.1, -0.05) is 0 Å². The first kappa shape index (κ1) is 15.2. The molecule has 1 atom stereocenters. The lowest BCUT2D eigenvalue weighted by atomic mass is 10.2. The highest BCUT2D eigenvalue weighted by atomic mass is 32.1. The molecule has 1 aromatic heterocycles. The minimum Gasteiger partial charge on any atom is -0.497 e. The highest BCUT2D eigenvalue weighted by molar-refractivity contribution is 7.71. The predicted molar refractivity (Wildman–Crippen MR) is 84.3 cm³/mol. The average Bonchev–Trinajstić information content (AvgIpc) is 2.88. The number of aromatic nitrogens is 2. The van der Waals surface area contributed by atoms with E-state index in [4.69, 9.17) is 26.1 Å². The molecule has 0 N–H and O–H groups in total. The topological polar surface area (TPSA) is 52.7 Å². The van der Waals surface area contributed by atoms with E-state index in [9.17, 15) is 0 Å². The van der Waals surface area contributed by atoms with E-state index < -0.39 is 0 Å². The summed E-state index contributed by atoms with van der Waals surface area (Å²) in [6.45, 7) is 5.16. The second-order valence-corrected chi connectivity index (χ2v) is 5.65. The first-order valence-electron chi connectivity index (χ1n) is 7.22. The molecule has 0 spiro atoms. The van der Waals surface area contributed by atoms with Crippen LogP contribution in [0.5, 0.6) is 5.75 Å². The summed E-state index contributed by atoms with van der Waals surface area (Å²) in [4.78, 5) is 2.63. The predicted octanol–water partition coefficient (Wildman–Crippen LogP) is 2.56. The average molecular weight is 321 g/mol. The van der Waals surface area contributed by atoms with Gasteiger partial charge < -0.3 is 13.9 Å². The van der Waals surface area contributed by atoms with Crippen molar-refractivity contribution in [3.63, 3.8) is 0 Å². The molecular weight excluding hydrogens is 302 g/mol. The van der Waals surface area contributed by atoms with Crippen LogP contribution >= 0.6 is 12.2 Å². The monoisotopic (exact) mass is 321 g/mol. The van der Waals surface area contributed by atoms with Gasteiger partial charge in [-0.15, -0.1) is 5.10 Å². The Morgan fingerprint density at radius 3 is 2.82 bits per heavy atom. The molecule has 22 heavy (non-hydrogen) atoms. The molecule has 1 unspecified atom stereocenters. The van der Waals surface area contributed by atoms with Crippen LogP contribution in [0.4, 0.5) is 0 Å². The summed E-state index contributed by atoms with van der Waals surface area (Å²) in [6.07, 6.45) is 0.232. The summed E-state index contributed by atoms with van der Waals surface area (Å²) >= 11 is 5.27.